The number of rotatable bonds is 3. The van der Waals surface area contributed by atoms with Gasteiger partial charge in [-0.05, 0) is 93.3 Å². The Morgan fingerprint density at radius 2 is 1.81 bits per heavy atom. The topological polar surface area (TPSA) is 49.3 Å². The van der Waals surface area contributed by atoms with Gasteiger partial charge in [-0.3, -0.25) is 4.79 Å². The molecule has 0 radical (unpaired) electrons. The number of ketones is 1. The van der Waals surface area contributed by atoms with Crippen molar-refractivity contribution in [2.75, 3.05) is 6.54 Å². The number of carbonyl (C=O) groups excluding carboxylic acids is 1. The first-order chi connectivity index (χ1) is 12.3. The molecular formula is C23H37NO2. The van der Waals surface area contributed by atoms with Crippen LogP contribution < -0.4 is 5.32 Å². The molecule has 0 spiro atoms. The summed E-state index contributed by atoms with van der Waals surface area (Å²) in [7, 11) is 0. The Balaban J connectivity index is 1.33. The van der Waals surface area contributed by atoms with Gasteiger partial charge in [-0.15, -0.1) is 0 Å². The second-order valence-corrected chi connectivity index (χ2v) is 11.2. The van der Waals surface area contributed by atoms with Crippen LogP contribution >= 0.6 is 0 Å². The molecule has 5 aliphatic rings. The van der Waals surface area contributed by atoms with Gasteiger partial charge in [0.25, 0.3) is 0 Å². The summed E-state index contributed by atoms with van der Waals surface area (Å²) in [6.45, 7) is 5.62. The van der Waals surface area contributed by atoms with E-state index in [2.05, 4.69) is 19.2 Å². The smallest absolute Gasteiger partial charge is 0.139 e. The Labute approximate surface area is 158 Å². The maximum atomic E-state index is 12.5. The van der Waals surface area contributed by atoms with Crippen molar-refractivity contribution >= 4 is 5.78 Å². The summed E-state index contributed by atoms with van der Waals surface area (Å²) >= 11 is 0. The van der Waals surface area contributed by atoms with E-state index in [9.17, 15) is 9.90 Å². The quantitative estimate of drug-likeness (QED) is 0.798. The second-order valence-electron chi connectivity index (χ2n) is 11.2. The Kier molecular flexibility index (Phi) is 3.94. The highest BCUT2D eigenvalue weighted by Crippen LogP contribution is 2.66. The minimum atomic E-state index is -0.480. The monoisotopic (exact) mass is 359 g/mol. The molecule has 3 heteroatoms. The molecule has 0 unspecified atom stereocenters. The normalized spacial score (nSPS) is 53.7. The van der Waals surface area contributed by atoms with Gasteiger partial charge < -0.3 is 10.4 Å². The van der Waals surface area contributed by atoms with Crippen molar-refractivity contribution in [2.24, 2.45) is 34.5 Å². The van der Waals surface area contributed by atoms with E-state index in [1.807, 2.05) is 0 Å². The van der Waals surface area contributed by atoms with E-state index in [1.165, 1.54) is 38.5 Å². The number of hydrogen-bond acceptors (Lipinski definition) is 3. The highest BCUT2D eigenvalue weighted by Gasteiger charge is 2.61. The third kappa shape index (κ3) is 2.56. The fraction of sp³-hybridized carbons (Fsp3) is 0.957. The Morgan fingerprint density at radius 1 is 1.00 bits per heavy atom. The van der Waals surface area contributed by atoms with Crippen LogP contribution in [0.5, 0.6) is 0 Å². The summed E-state index contributed by atoms with van der Waals surface area (Å²) in [6.07, 6.45) is 12.6. The number of hydrogen-bond donors (Lipinski definition) is 2. The van der Waals surface area contributed by atoms with Crippen molar-refractivity contribution in [1.29, 1.82) is 0 Å². The minimum absolute atomic E-state index is 0.00600. The molecule has 0 aromatic carbocycles. The van der Waals surface area contributed by atoms with Gasteiger partial charge in [0.05, 0.1) is 5.60 Å². The highest BCUT2D eigenvalue weighted by atomic mass is 16.3. The molecule has 0 heterocycles. The average molecular weight is 360 g/mol. The zero-order valence-electron chi connectivity index (χ0n) is 16.7. The summed E-state index contributed by atoms with van der Waals surface area (Å²) in [4.78, 5) is 12.5. The van der Waals surface area contributed by atoms with Crippen molar-refractivity contribution in [3.63, 3.8) is 0 Å². The summed E-state index contributed by atoms with van der Waals surface area (Å²) in [5, 5.41) is 14.8. The van der Waals surface area contributed by atoms with E-state index in [0.29, 0.717) is 29.1 Å². The largest absolute Gasteiger partial charge is 0.389 e. The first-order valence-corrected chi connectivity index (χ1v) is 11.3. The predicted molar refractivity (Wildman–Crippen MR) is 103 cm³/mol. The molecule has 0 amide bonds. The van der Waals surface area contributed by atoms with E-state index in [-0.39, 0.29) is 5.41 Å². The van der Waals surface area contributed by atoms with Gasteiger partial charge in [0.2, 0.25) is 0 Å². The lowest BCUT2D eigenvalue weighted by Crippen LogP contribution is -2.57. The number of nitrogens with one attached hydrogen (secondary N) is 1. The number of aliphatic hydroxyl groups is 1. The van der Waals surface area contributed by atoms with E-state index in [1.54, 1.807) is 0 Å². The highest BCUT2D eigenvalue weighted by molar-refractivity contribution is 5.87. The van der Waals surface area contributed by atoms with Crippen LogP contribution in [0.2, 0.25) is 0 Å². The predicted octanol–water partition coefficient (Wildman–Crippen LogP) is 4.08. The molecule has 0 aliphatic heterocycles. The van der Waals surface area contributed by atoms with E-state index < -0.39 is 5.60 Å². The van der Waals surface area contributed by atoms with Gasteiger partial charge >= 0.3 is 0 Å². The third-order valence-corrected chi connectivity index (χ3v) is 9.83. The lowest BCUT2D eigenvalue weighted by Gasteiger charge is -2.61. The molecule has 7 atom stereocenters. The summed E-state index contributed by atoms with van der Waals surface area (Å²) in [5.41, 5.74) is -0.0955. The molecular weight excluding hydrogens is 322 g/mol. The van der Waals surface area contributed by atoms with Crippen molar-refractivity contribution in [1.82, 2.24) is 5.32 Å². The molecule has 26 heavy (non-hydrogen) atoms. The summed E-state index contributed by atoms with van der Waals surface area (Å²) in [6, 6.07) is 0.680. The zero-order chi connectivity index (χ0) is 18.2. The van der Waals surface area contributed by atoms with Crippen molar-refractivity contribution in [2.45, 2.75) is 96.1 Å². The Morgan fingerprint density at radius 3 is 2.58 bits per heavy atom. The van der Waals surface area contributed by atoms with Gasteiger partial charge in [0.1, 0.15) is 5.78 Å². The van der Waals surface area contributed by atoms with Crippen LogP contribution in [0.4, 0.5) is 0 Å². The second kappa shape index (κ2) is 5.80. The Bertz CT molecular complexity index is 601. The summed E-state index contributed by atoms with van der Waals surface area (Å²) in [5.74, 6) is 3.41. The van der Waals surface area contributed by atoms with Crippen molar-refractivity contribution in [3.05, 3.63) is 0 Å². The van der Waals surface area contributed by atoms with Crippen molar-refractivity contribution in [3.8, 4) is 0 Å². The van der Waals surface area contributed by atoms with Crippen LogP contribution in [0.25, 0.3) is 0 Å². The van der Waals surface area contributed by atoms with Crippen LogP contribution in [0.15, 0.2) is 0 Å². The lowest BCUT2D eigenvalue weighted by molar-refractivity contribution is -0.153. The molecule has 2 N–H and O–H groups in total. The average Bonchev–Trinajstić information content (AvgIpc) is 3.39. The third-order valence-electron chi connectivity index (χ3n) is 9.83. The number of Topliss-reactive ketones (excluding diaryl/α,β-unsaturated/α-hetero) is 1. The van der Waals surface area contributed by atoms with Gasteiger partial charge in [-0.1, -0.05) is 13.8 Å². The van der Waals surface area contributed by atoms with E-state index in [4.69, 9.17) is 0 Å². The molecule has 0 bridgehead atoms. The van der Waals surface area contributed by atoms with Crippen LogP contribution in [0.1, 0.15) is 84.5 Å². The SMILES string of the molecule is C[C@]12CC[C@](O)(CNC3CC3)C[C@@H]1CC[C@@H]1[C@@H]2CC[C@]2(C)C(=O)CC[C@@H]12. The molecule has 146 valence electrons. The molecule has 5 aliphatic carbocycles. The zero-order valence-corrected chi connectivity index (χ0v) is 16.7. The summed E-state index contributed by atoms with van der Waals surface area (Å²) < 4.78 is 0. The van der Waals surface area contributed by atoms with Gasteiger partial charge in [-0.25, -0.2) is 0 Å². The van der Waals surface area contributed by atoms with Crippen LogP contribution in [-0.4, -0.2) is 29.1 Å². The molecule has 0 aromatic rings. The molecule has 0 saturated heterocycles. The lowest BCUT2D eigenvalue weighted by atomic mass is 9.44. The van der Waals surface area contributed by atoms with Crippen LogP contribution in [0, 0.1) is 34.5 Å². The van der Waals surface area contributed by atoms with Gasteiger partial charge in [0.15, 0.2) is 0 Å². The maximum absolute atomic E-state index is 12.5. The van der Waals surface area contributed by atoms with Crippen LogP contribution in [-0.2, 0) is 4.79 Å². The number of fused-ring (bicyclic) bond motifs is 5. The van der Waals surface area contributed by atoms with Crippen molar-refractivity contribution < 1.29 is 9.90 Å². The first kappa shape index (κ1) is 17.7. The fourth-order valence-electron chi connectivity index (χ4n) is 7.88. The van der Waals surface area contributed by atoms with E-state index in [0.717, 1.165) is 50.5 Å². The standard InChI is InChI=1S/C23H37NO2/c1-21-11-12-23(26,14-24-16-4-5-16)13-15(21)3-6-17-18-7-8-20(25)22(18,2)10-9-19(17)21/h15-19,24,26H,3-14H2,1-2H3/t15-,17-,18-,19-,21-,22-,23+/m0/s1. The molecule has 0 aromatic heterocycles. The van der Waals surface area contributed by atoms with E-state index >= 15 is 0 Å². The molecule has 5 saturated carbocycles. The van der Waals surface area contributed by atoms with Gasteiger partial charge in [-0.2, -0.15) is 0 Å². The fourth-order valence-corrected chi connectivity index (χ4v) is 7.88. The Hall–Kier alpha value is -0.410. The van der Waals surface area contributed by atoms with Crippen LogP contribution in [0.3, 0.4) is 0 Å². The maximum Gasteiger partial charge on any atom is 0.139 e. The molecule has 3 nitrogen and oxygen atoms in total. The number of carbonyl (C=O) groups is 1. The molecule has 5 fully saturated rings. The minimum Gasteiger partial charge on any atom is -0.389 e. The van der Waals surface area contributed by atoms with Gasteiger partial charge in [0, 0.05) is 24.4 Å². The first-order valence-electron chi connectivity index (χ1n) is 11.3. The molecule has 5 rings (SSSR count).